The quantitative estimate of drug-likeness (QED) is 0.273. The highest BCUT2D eigenvalue weighted by Crippen LogP contribution is 2.45. The minimum Gasteiger partial charge on any atom is -0.455 e. The van der Waals surface area contributed by atoms with Gasteiger partial charge in [0.05, 0.1) is 11.1 Å². The van der Waals surface area contributed by atoms with E-state index in [1.807, 2.05) is 50.2 Å². The zero-order chi connectivity index (χ0) is 27.3. The maximum Gasteiger partial charge on any atom is 0.255 e. The van der Waals surface area contributed by atoms with E-state index in [0.29, 0.717) is 39.2 Å². The molecule has 1 fully saturated rings. The second-order valence-corrected chi connectivity index (χ2v) is 9.99. The Morgan fingerprint density at radius 3 is 2.33 bits per heavy atom. The van der Waals surface area contributed by atoms with Crippen LogP contribution in [-0.2, 0) is 5.54 Å². The van der Waals surface area contributed by atoms with Crippen LogP contribution in [0.4, 0.5) is 4.39 Å². The Labute approximate surface area is 224 Å². The van der Waals surface area contributed by atoms with Crippen LogP contribution in [0.3, 0.4) is 0 Å². The van der Waals surface area contributed by atoms with Gasteiger partial charge in [0.25, 0.3) is 11.8 Å². The van der Waals surface area contributed by atoms with Gasteiger partial charge in [-0.3, -0.25) is 9.59 Å². The summed E-state index contributed by atoms with van der Waals surface area (Å²) in [7, 11) is 1.55. The molecule has 0 radical (unpaired) electrons. The highest BCUT2D eigenvalue weighted by Gasteiger charge is 2.48. The first-order chi connectivity index (χ1) is 18.8. The molecule has 5 aromatic rings. The smallest absolute Gasteiger partial charge is 0.255 e. The van der Waals surface area contributed by atoms with Gasteiger partial charge in [0.15, 0.2) is 0 Å². The number of aromatic nitrogens is 1. The second-order valence-electron chi connectivity index (χ2n) is 9.99. The molecule has 2 aromatic heterocycles. The van der Waals surface area contributed by atoms with Gasteiger partial charge < -0.3 is 19.6 Å². The number of hydrogen-bond acceptors (Lipinski definition) is 5. The first-order valence-electron chi connectivity index (χ1n) is 12.7. The normalized spacial score (nSPS) is 13.8. The zero-order valence-electron chi connectivity index (χ0n) is 21.7. The fourth-order valence-corrected chi connectivity index (χ4v) is 4.95. The first kappa shape index (κ1) is 24.6. The van der Waals surface area contributed by atoms with Crippen LogP contribution in [0.25, 0.3) is 33.4 Å². The maximum atomic E-state index is 13.5. The minimum atomic E-state index is -0.491. The van der Waals surface area contributed by atoms with Crippen LogP contribution >= 0.6 is 0 Å². The molecule has 8 heteroatoms. The predicted octanol–water partition coefficient (Wildman–Crippen LogP) is 6.29. The molecular weight excluding hydrogens is 497 g/mol. The fraction of sp³-hybridized carbons (Fsp3) is 0.194. The summed E-state index contributed by atoms with van der Waals surface area (Å²) in [4.78, 5) is 26.2. The fourth-order valence-electron chi connectivity index (χ4n) is 4.95. The van der Waals surface area contributed by atoms with E-state index in [-0.39, 0.29) is 17.6 Å². The molecule has 0 atom stereocenters. The van der Waals surface area contributed by atoms with Gasteiger partial charge in [0, 0.05) is 29.6 Å². The summed E-state index contributed by atoms with van der Waals surface area (Å²) in [5, 5.41) is 10.6. The number of aryl methyl sites for hydroxylation is 2. The topological polar surface area (TPSA) is 97.4 Å². The van der Waals surface area contributed by atoms with E-state index >= 15 is 0 Å². The van der Waals surface area contributed by atoms with Crippen LogP contribution in [0.1, 0.15) is 50.6 Å². The summed E-state index contributed by atoms with van der Waals surface area (Å²) in [6.45, 7) is 3.80. The summed E-state index contributed by atoms with van der Waals surface area (Å²) >= 11 is 0. The monoisotopic (exact) mass is 523 g/mol. The number of hydrogen-bond donors (Lipinski definition) is 2. The molecule has 1 aliphatic carbocycles. The third-order valence-corrected chi connectivity index (χ3v) is 7.28. The summed E-state index contributed by atoms with van der Waals surface area (Å²) in [5.41, 5.74) is 4.93. The summed E-state index contributed by atoms with van der Waals surface area (Å²) in [6.07, 6.45) is 1.61. The maximum absolute atomic E-state index is 13.5. The molecular formula is C31H26FN3O4. The van der Waals surface area contributed by atoms with Crippen LogP contribution in [0.5, 0.6) is 0 Å². The highest BCUT2D eigenvalue weighted by molar-refractivity contribution is 6.12. The number of nitrogens with one attached hydrogen (secondary N) is 2. The van der Waals surface area contributed by atoms with Gasteiger partial charge in [-0.05, 0) is 91.9 Å². The summed E-state index contributed by atoms with van der Waals surface area (Å²) in [6, 6.07) is 18.9. The number of furan rings is 1. The van der Waals surface area contributed by atoms with Crippen molar-refractivity contribution in [3.63, 3.8) is 0 Å². The number of halogens is 1. The molecule has 6 rings (SSSR count). The molecule has 0 unspecified atom stereocenters. The number of fused-ring (bicyclic) bond motifs is 1. The van der Waals surface area contributed by atoms with E-state index in [0.717, 1.165) is 35.2 Å². The Morgan fingerprint density at radius 1 is 0.923 bits per heavy atom. The van der Waals surface area contributed by atoms with Crippen LogP contribution < -0.4 is 10.6 Å². The molecule has 0 spiro atoms. The molecule has 39 heavy (non-hydrogen) atoms. The highest BCUT2D eigenvalue weighted by atomic mass is 19.1. The van der Waals surface area contributed by atoms with Gasteiger partial charge >= 0.3 is 0 Å². The molecule has 2 amide bonds. The third kappa shape index (κ3) is 4.37. The van der Waals surface area contributed by atoms with Gasteiger partial charge in [-0.2, -0.15) is 0 Å². The van der Waals surface area contributed by atoms with Crippen molar-refractivity contribution in [2.75, 3.05) is 7.05 Å². The number of amides is 2. The van der Waals surface area contributed by atoms with Crippen molar-refractivity contribution >= 4 is 22.8 Å². The average molecular weight is 524 g/mol. The van der Waals surface area contributed by atoms with E-state index in [4.69, 9.17) is 8.94 Å². The van der Waals surface area contributed by atoms with Gasteiger partial charge in [-0.1, -0.05) is 17.3 Å². The predicted molar refractivity (Wildman–Crippen MR) is 145 cm³/mol. The molecule has 2 N–H and O–H groups in total. The van der Waals surface area contributed by atoms with Crippen LogP contribution in [-0.4, -0.2) is 24.0 Å². The zero-order valence-corrected chi connectivity index (χ0v) is 21.7. The average Bonchev–Trinajstić information content (AvgIpc) is 3.40. The van der Waals surface area contributed by atoms with Crippen LogP contribution in [0.2, 0.25) is 0 Å². The number of benzene rings is 3. The van der Waals surface area contributed by atoms with Crippen molar-refractivity contribution in [1.29, 1.82) is 0 Å². The molecule has 2 heterocycles. The Balaban J connectivity index is 1.38. The molecule has 0 aliphatic heterocycles. The van der Waals surface area contributed by atoms with E-state index in [9.17, 15) is 14.0 Å². The minimum absolute atomic E-state index is 0.191. The Kier molecular flexibility index (Phi) is 5.83. The first-order valence-corrected chi connectivity index (χ1v) is 12.7. The van der Waals surface area contributed by atoms with E-state index in [2.05, 4.69) is 15.8 Å². The van der Waals surface area contributed by atoms with E-state index in [1.165, 1.54) is 12.1 Å². The lowest BCUT2D eigenvalue weighted by atomic mass is 9.95. The van der Waals surface area contributed by atoms with Crippen LogP contribution in [0.15, 0.2) is 75.7 Å². The summed E-state index contributed by atoms with van der Waals surface area (Å²) < 4.78 is 24.8. The molecule has 3 aromatic carbocycles. The SMILES string of the molecule is CNC(=O)c1c(-c2ccc(F)cc2)oc2ccc(-c3cc(C(=O)NC4(c5cc(C)on5)CC4)ccc3C)cc12. The third-order valence-electron chi connectivity index (χ3n) is 7.28. The van der Waals surface area contributed by atoms with Crippen molar-refractivity contribution < 1.29 is 22.9 Å². The lowest BCUT2D eigenvalue weighted by molar-refractivity contribution is 0.0927. The Bertz CT molecular complexity index is 1750. The lowest BCUT2D eigenvalue weighted by Gasteiger charge is -2.16. The van der Waals surface area contributed by atoms with Crippen LogP contribution in [0, 0.1) is 19.7 Å². The molecule has 1 aliphatic rings. The van der Waals surface area contributed by atoms with Crippen molar-refractivity contribution in [2.24, 2.45) is 0 Å². The molecule has 7 nitrogen and oxygen atoms in total. The molecule has 0 bridgehead atoms. The lowest BCUT2D eigenvalue weighted by Crippen LogP contribution is -2.35. The van der Waals surface area contributed by atoms with Gasteiger partial charge in [-0.15, -0.1) is 0 Å². The van der Waals surface area contributed by atoms with E-state index < -0.39 is 5.54 Å². The molecule has 1 saturated carbocycles. The number of carbonyl (C=O) groups is 2. The number of nitrogens with zero attached hydrogens (tertiary/aromatic N) is 1. The summed E-state index contributed by atoms with van der Waals surface area (Å²) in [5.74, 6) is 0.193. The van der Waals surface area contributed by atoms with E-state index in [1.54, 1.807) is 25.2 Å². The van der Waals surface area contributed by atoms with Crippen molar-refractivity contribution in [3.8, 4) is 22.5 Å². The van der Waals surface area contributed by atoms with Crippen molar-refractivity contribution in [1.82, 2.24) is 15.8 Å². The standard InChI is InChI=1S/C31H26FN3O4/c1-17-4-5-21(29(36)34-31(12-13-31)26-14-18(2)39-35-26)16-23(17)20-8-11-25-24(15-20)27(30(37)33-3)28(38-25)19-6-9-22(32)10-7-19/h4-11,14-16H,12-13H2,1-3H3,(H,33,37)(H,34,36). The number of rotatable bonds is 6. The van der Waals surface area contributed by atoms with Gasteiger partial charge in [-0.25, -0.2) is 4.39 Å². The van der Waals surface area contributed by atoms with Gasteiger partial charge in [0.1, 0.15) is 28.6 Å². The second kappa shape index (κ2) is 9.23. The molecule has 0 saturated heterocycles. The largest absolute Gasteiger partial charge is 0.455 e. The number of carbonyl (C=O) groups excluding carboxylic acids is 2. The van der Waals surface area contributed by atoms with Crippen molar-refractivity contribution in [3.05, 3.63) is 101 Å². The Hall–Kier alpha value is -4.72. The van der Waals surface area contributed by atoms with Crippen molar-refractivity contribution in [2.45, 2.75) is 32.2 Å². The Morgan fingerprint density at radius 2 is 1.67 bits per heavy atom. The molecule has 196 valence electrons. The van der Waals surface area contributed by atoms with Gasteiger partial charge in [0.2, 0.25) is 0 Å².